The Kier molecular flexibility index (Phi) is 5.86. The molecule has 0 radical (unpaired) electrons. The molecule has 7 heteroatoms. The number of rotatable bonds is 4. The van der Waals surface area contributed by atoms with Crippen molar-refractivity contribution in [3.63, 3.8) is 0 Å². The van der Waals surface area contributed by atoms with E-state index in [0.29, 0.717) is 35.1 Å². The first-order valence-electron chi connectivity index (χ1n) is 9.52. The summed E-state index contributed by atoms with van der Waals surface area (Å²) in [7, 11) is 0. The second-order valence-electron chi connectivity index (χ2n) is 6.98. The number of nitrogens with one attached hydrogen (secondary N) is 3. The molecule has 152 valence electrons. The number of anilines is 3. The smallest absolute Gasteiger partial charge is 0.323 e. The molecular weight excluding hydrogens is 402 g/mol. The quantitative estimate of drug-likeness (QED) is 0.543. The van der Waals surface area contributed by atoms with Crippen molar-refractivity contribution in [3.8, 4) is 5.75 Å². The fourth-order valence-electron chi connectivity index (χ4n) is 3.27. The van der Waals surface area contributed by atoms with Crippen LogP contribution in [-0.2, 0) is 11.2 Å². The number of halogens is 1. The second-order valence-corrected chi connectivity index (χ2v) is 7.42. The fourth-order valence-corrected chi connectivity index (χ4v) is 3.46. The number of para-hydroxylation sites is 1. The number of carbonyl (C=O) groups is 2. The van der Waals surface area contributed by atoms with Crippen molar-refractivity contribution in [1.82, 2.24) is 0 Å². The molecule has 1 heterocycles. The maximum absolute atomic E-state index is 12.7. The number of urea groups is 1. The van der Waals surface area contributed by atoms with E-state index in [2.05, 4.69) is 16.0 Å². The van der Waals surface area contributed by atoms with E-state index in [0.717, 1.165) is 11.3 Å². The van der Waals surface area contributed by atoms with Crippen LogP contribution in [0, 0.1) is 5.92 Å². The average Bonchev–Trinajstić information content (AvgIpc) is 2.74. The molecule has 1 aliphatic heterocycles. The predicted octanol–water partition coefficient (Wildman–Crippen LogP) is 5.17. The standard InChI is InChI=1S/C23H20ClN3O3/c24-17-9-10-21-15(12-17)11-16(14-30-21)22(28)25-19-7-4-8-20(13-19)27-23(29)26-18-5-2-1-3-6-18/h1-10,12-13,16H,11,14H2,(H,25,28)(H2,26,27,29)/t16-/m1/s1. The molecule has 0 saturated carbocycles. The van der Waals surface area contributed by atoms with Crippen molar-refractivity contribution in [1.29, 1.82) is 0 Å². The normalized spacial score (nSPS) is 14.8. The molecule has 30 heavy (non-hydrogen) atoms. The van der Waals surface area contributed by atoms with Gasteiger partial charge in [0.05, 0.1) is 5.92 Å². The van der Waals surface area contributed by atoms with Crippen LogP contribution in [0.3, 0.4) is 0 Å². The molecule has 4 rings (SSSR count). The summed E-state index contributed by atoms with van der Waals surface area (Å²) in [5.41, 5.74) is 2.77. The van der Waals surface area contributed by atoms with Gasteiger partial charge in [-0.05, 0) is 60.5 Å². The Morgan fingerprint density at radius 2 is 1.53 bits per heavy atom. The van der Waals surface area contributed by atoms with Gasteiger partial charge in [-0.3, -0.25) is 4.79 Å². The van der Waals surface area contributed by atoms with Crippen LogP contribution in [0.5, 0.6) is 5.75 Å². The lowest BCUT2D eigenvalue weighted by atomic mass is 9.96. The van der Waals surface area contributed by atoms with E-state index < -0.39 is 0 Å². The fraction of sp³-hybridized carbons (Fsp3) is 0.130. The second kappa shape index (κ2) is 8.88. The molecule has 0 unspecified atom stereocenters. The molecule has 0 aromatic heterocycles. The van der Waals surface area contributed by atoms with Crippen LogP contribution in [0.4, 0.5) is 21.9 Å². The minimum Gasteiger partial charge on any atom is -0.492 e. The van der Waals surface area contributed by atoms with Crippen molar-refractivity contribution >= 4 is 40.6 Å². The highest BCUT2D eigenvalue weighted by atomic mass is 35.5. The van der Waals surface area contributed by atoms with E-state index in [1.54, 1.807) is 42.5 Å². The molecule has 0 fully saturated rings. The Hall–Kier alpha value is -3.51. The number of amides is 3. The van der Waals surface area contributed by atoms with Gasteiger partial charge in [-0.25, -0.2) is 4.79 Å². The lowest BCUT2D eigenvalue weighted by Gasteiger charge is -2.24. The Bertz CT molecular complexity index is 1070. The van der Waals surface area contributed by atoms with E-state index in [1.165, 1.54) is 0 Å². The van der Waals surface area contributed by atoms with Crippen LogP contribution >= 0.6 is 11.6 Å². The first-order valence-corrected chi connectivity index (χ1v) is 9.90. The number of carbonyl (C=O) groups excluding carboxylic acids is 2. The third-order valence-corrected chi connectivity index (χ3v) is 4.95. The maximum atomic E-state index is 12.7. The van der Waals surface area contributed by atoms with E-state index in [1.807, 2.05) is 30.3 Å². The molecule has 1 atom stereocenters. The SMILES string of the molecule is O=C(Nc1ccccc1)Nc1cccc(NC(=O)[C@H]2COc3ccc(Cl)cc3C2)c1. The van der Waals surface area contributed by atoms with Gasteiger partial charge in [-0.2, -0.15) is 0 Å². The highest BCUT2D eigenvalue weighted by Crippen LogP contribution is 2.30. The number of hydrogen-bond donors (Lipinski definition) is 3. The summed E-state index contributed by atoms with van der Waals surface area (Å²) < 4.78 is 5.70. The molecule has 3 N–H and O–H groups in total. The maximum Gasteiger partial charge on any atom is 0.323 e. The Morgan fingerprint density at radius 1 is 0.833 bits per heavy atom. The molecule has 1 aliphatic rings. The van der Waals surface area contributed by atoms with Crippen LogP contribution in [0.15, 0.2) is 72.8 Å². The first kappa shape index (κ1) is 19.8. The van der Waals surface area contributed by atoms with Gasteiger partial charge in [0.25, 0.3) is 0 Å². The van der Waals surface area contributed by atoms with Crippen LogP contribution in [-0.4, -0.2) is 18.5 Å². The number of benzene rings is 3. The molecule has 3 amide bonds. The zero-order chi connectivity index (χ0) is 20.9. The van der Waals surface area contributed by atoms with E-state index in [-0.39, 0.29) is 17.9 Å². The van der Waals surface area contributed by atoms with Crippen molar-refractivity contribution < 1.29 is 14.3 Å². The minimum absolute atomic E-state index is 0.147. The van der Waals surface area contributed by atoms with Gasteiger partial charge in [0, 0.05) is 22.1 Å². The lowest BCUT2D eigenvalue weighted by Crippen LogP contribution is -2.32. The van der Waals surface area contributed by atoms with Gasteiger partial charge >= 0.3 is 6.03 Å². The third kappa shape index (κ3) is 4.90. The van der Waals surface area contributed by atoms with E-state index in [9.17, 15) is 9.59 Å². The Balaban J connectivity index is 1.37. The van der Waals surface area contributed by atoms with Crippen LogP contribution in [0.25, 0.3) is 0 Å². The minimum atomic E-state index is -0.362. The van der Waals surface area contributed by atoms with Crippen LogP contribution in [0.2, 0.25) is 5.02 Å². The van der Waals surface area contributed by atoms with Crippen LogP contribution in [0.1, 0.15) is 5.56 Å². The third-order valence-electron chi connectivity index (χ3n) is 4.72. The highest BCUT2D eigenvalue weighted by molar-refractivity contribution is 6.30. The van der Waals surface area contributed by atoms with Crippen molar-refractivity contribution in [2.24, 2.45) is 5.92 Å². The van der Waals surface area contributed by atoms with Gasteiger partial charge in [0.1, 0.15) is 12.4 Å². The molecule has 0 aliphatic carbocycles. The number of hydrogen-bond acceptors (Lipinski definition) is 3. The molecule has 3 aromatic carbocycles. The first-order chi connectivity index (χ1) is 14.6. The highest BCUT2D eigenvalue weighted by Gasteiger charge is 2.26. The summed E-state index contributed by atoms with van der Waals surface area (Å²) in [5, 5.41) is 9.03. The summed E-state index contributed by atoms with van der Waals surface area (Å²) in [6.45, 7) is 0.303. The van der Waals surface area contributed by atoms with Gasteiger partial charge in [-0.15, -0.1) is 0 Å². The monoisotopic (exact) mass is 421 g/mol. The van der Waals surface area contributed by atoms with Crippen molar-refractivity contribution in [2.75, 3.05) is 22.6 Å². The summed E-state index contributed by atoms with van der Waals surface area (Å²) in [6, 6.07) is 21.2. The molecule has 0 saturated heterocycles. The van der Waals surface area contributed by atoms with Crippen LogP contribution < -0.4 is 20.7 Å². The Labute approximate surface area is 179 Å². The summed E-state index contributed by atoms with van der Waals surface area (Å²) in [4.78, 5) is 24.9. The van der Waals surface area contributed by atoms with E-state index in [4.69, 9.17) is 16.3 Å². The molecule has 6 nitrogen and oxygen atoms in total. The molecule has 0 bridgehead atoms. The van der Waals surface area contributed by atoms with Gasteiger partial charge in [0.2, 0.25) is 5.91 Å². The van der Waals surface area contributed by atoms with Gasteiger partial charge < -0.3 is 20.7 Å². The molecule has 0 spiro atoms. The summed E-state index contributed by atoms with van der Waals surface area (Å²) in [5.74, 6) is 0.291. The zero-order valence-electron chi connectivity index (χ0n) is 16.0. The predicted molar refractivity (Wildman–Crippen MR) is 118 cm³/mol. The largest absolute Gasteiger partial charge is 0.492 e. The Morgan fingerprint density at radius 3 is 2.33 bits per heavy atom. The van der Waals surface area contributed by atoms with Gasteiger partial charge in [-0.1, -0.05) is 35.9 Å². The topological polar surface area (TPSA) is 79.5 Å². The summed E-state index contributed by atoms with van der Waals surface area (Å²) >= 11 is 6.05. The number of fused-ring (bicyclic) bond motifs is 1. The molecular formula is C23H20ClN3O3. The van der Waals surface area contributed by atoms with Crippen molar-refractivity contribution in [3.05, 3.63) is 83.4 Å². The molecule has 3 aromatic rings. The zero-order valence-corrected chi connectivity index (χ0v) is 16.8. The van der Waals surface area contributed by atoms with E-state index >= 15 is 0 Å². The summed E-state index contributed by atoms with van der Waals surface area (Å²) in [6.07, 6.45) is 0.555. The van der Waals surface area contributed by atoms with Gasteiger partial charge in [0.15, 0.2) is 0 Å². The lowest BCUT2D eigenvalue weighted by molar-refractivity contribution is -0.121. The van der Waals surface area contributed by atoms with Crippen molar-refractivity contribution in [2.45, 2.75) is 6.42 Å². The number of ether oxygens (including phenoxy) is 1. The average molecular weight is 422 g/mol.